The lowest BCUT2D eigenvalue weighted by Gasteiger charge is -2.15. The number of hydrogen-bond acceptors (Lipinski definition) is 3. The van der Waals surface area contributed by atoms with Crippen LogP contribution < -0.4 is 15.4 Å². The zero-order chi connectivity index (χ0) is 17.3. The molecule has 0 aromatic heterocycles. The minimum Gasteiger partial charge on any atom is -0.489 e. The van der Waals surface area contributed by atoms with E-state index in [1.165, 1.54) is 12.8 Å². The summed E-state index contributed by atoms with van der Waals surface area (Å²) in [7, 11) is 0. The van der Waals surface area contributed by atoms with Crippen molar-refractivity contribution in [2.45, 2.75) is 19.4 Å². The zero-order valence-corrected chi connectivity index (χ0v) is 14.4. The molecule has 132 valence electrons. The highest BCUT2D eigenvalue weighted by Crippen LogP contribution is 2.17. The van der Waals surface area contributed by atoms with Gasteiger partial charge in [-0.05, 0) is 55.8 Å². The molecule has 2 aromatic rings. The third kappa shape index (κ3) is 5.80. The summed E-state index contributed by atoms with van der Waals surface area (Å²) in [4.78, 5) is 14.3. The number of nitrogens with one attached hydrogen (secondary N) is 2. The van der Waals surface area contributed by atoms with Crippen LogP contribution in [-0.4, -0.2) is 37.1 Å². The summed E-state index contributed by atoms with van der Waals surface area (Å²) in [6, 6.07) is 17.3. The van der Waals surface area contributed by atoms with Crippen LogP contribution in [0.25, 0.3) is 0 Å². The number of anilines is 1. The van der Waals surface area contributed by atoms with E-state index in [2.05, 4.69) is 15.5 Å². The average Bonchev–Trinajstić information content (AvgIpc) is 3.15. The molecule has 0 bridgehead atoms. The van der Waals surface area contributed by atoms with Crippen molar-refractivity contribution >= 4 is 11.7 Å². The Labute approximate surface area is 149 Å². The Balaban J connectivity index is 1.38. The van der Waals surface area contributed by atoms with Crippen molar-refractivity contribution in [2.24, 2.45) is 0 Å². The summed E-state index contributed by atoms with van der Waals surface area (Å²) < 4.78 is 5.74. The summed E-state index contributed by atoms with van der Waals surface area (Å²) in [5.41, 5.74) is 1.88. The molecule has 2 aromatic carbocycles. The van der Waals surface area contributed by atoms with Gasteiger partial charge in [-0.1, -0.05) is 30.3 Å². The van der Waals surface area contributed by atoms with Crippen molar-refractivity contribution in [3.63, 3.8) is 0 Å². The molecule has 1 aliphatic rings. The molecule has 1 aliphatic heterocycles. The minimum absolute atomic E-state index is 0.169. The first-order chi connectivity index (χ1) is 12.3. The quantitative estimate of drug-likeness (QED) is 0.812. The van der Waals surface area contributed by atoms with Crippen LogP contribution in [0.2, 0.25) is 0 Å². The molecule has 25 heavy (non-hydrogen) atoms. The van der Waals surface area contributed by atoms with Crippen LogP contribution in [0.1, 0.15) is 18.4 Å². The lowest BCUT2D eigenvalue weighted by Crippen LogP contribution is -2.35. The van der Waals surface area contributed by atoms with E-state index in [1.807, 2.05) is 54.6 Å². The van der Waals surface area contributed by atoms with Gasteiger partial charge in [-0.3, -0.25) is 0 Å². The first-order valence-corrected chi connectivity index (χ1v) is 8.83. The van der Waals surface area contributed by atoms with Crippen LogP contribution in [0.15, 0.2) is 54.6 Å². The smallest absolute Gasteiger partial charge is 0.319 e. The summed E-state index contributed by atoms with van der Waals surface area (Å²) in [5.74, 6) is 0.781. The maximum absolute atomic E-state index is 11.9. The van der Waals surface area contributed by atoms with Crippen LogP contribution in [0.3, 0.4) is 0 Å². The van der Waals surface area contributed by atoms with Gasteiger partial charge in [-0.15, -0.1) is 0 Å². The Bertz CT molecular complexity index is 652. The molecule has 0 radical (unpaired) electrons. The van der Waals surface area contributed by atoms with E-state index in [4.69, 9.17) is 4.74 Å². The molecular weight excluding hydrogens is 314 g/mol. The van der Waals surface area contributed by atoms with Crippen LogP contribution in [0, 0.1) is 0 Å². The fraction of sp³-hybridized carbons (Fsp3) is 0.350. The standard InChI is InChI=1S/C20H25N3O2/c24-20(21-12-15-23-13-4-5-14-23)22-18-8-10-19(11-9-18)25-16-17-6-2-1-3-7-17/h1-3,6-11H,4-5,12-16H2,(H2,21,22,24). The van der Waals surface area contributed by atoms with Gasteiger partial charge in [0.25, 0.3) is 0 Å². The fourth-order valence-corrected chi connectivity index (χ4v) is 2.88. The molecule has 1 heterocycles. The minimum atomic E-state index is -0.169. The maximum Gasteiger partial charge on any atom is 0.319 e. The van der Waals surface area contributed by atoms with Crippen LogP contribution in [0.4, 0.5) is 10.5 Å². The summed E-state index contributed by atoms with van der Waals surface area (Å²) >= 11 is 0. The van der Waals surface area contributed by atoms with Gasteiger partial charge < -0.3 is 20.3 Å². The Hall–Kier alpha value is -2.53. The Morgan fingerprint density at radius 1 is 1.00 bits per heavy atom. The largest absolute Gasteiger partial charge is 0.489 e. The lowest BCUT2D eigenvalue weighted by atomic mass is 10.2. The zero-order valence-electron chi connectivity index (χ0n) is 14.4. The molecule has 3 rings (SSSR count). The van der Waals surface area contributed by atoms with Crippen molar-refractivity contribution in [1.29, 1.82) is 0 Å². The second kappa shape index (κ2) is 9.08. The maximum atomic E-state index is 11.9. The van der Waals surface area contributed by atoms with E-state index < -0.39 is 0 Å². The van der Waals surface area contributed by atoms with E-state index in [9.17, 15) is 4.79 Å². The Morgan fingerprint density at radius 3 is 2.44 bits per heavy atom. The van der Waals surface area contributed by atoms with Gasteiger partial charge in [0.1, 0.15) is 12.4 Å². The van der Waals surface area contributed by atoms with Crippen molar-refractivity contribution in [3.8, 4) is 5.75 Å². The molecule has 2 amide bonds. The molecule has 5 heteroatoms. The predicted molar refractivity (Wildman–Crippen MR) is 99.9 cm³/mol. The Morgan fingerprint density at radius 2 is 1.72 bits per heavy atom. The number of urea groups is 1. The van der Waals surface area contributed by atoms with Gasteiger partial charge in [0.05, 0.1) is 0 Å². The number of amides is 2. The van der Waals surface area contributed by atoms with Crippen molar-refractivity contribution in [3.05, 3.63) is 60.2 Å². The summed E-state index contributed by atoms with van der Waals surface area (Å²) in [5, 5.41) is 5.74. The third-order valence-electron chi connectivity index (χ3n) is 4.27. The number of rotatable bonds is 7. The number of hydrogen-bond donors (Lipinski definition) is 2. The molecule has 5 nitrogen and oxygen atoms in total. The normalized spacial score (nSPS) is 14.2. The molecule has 0 atom stereocenters. The van der Waals surface area contributed by atoms with E-state index in [0.717, 1.165) is 36.6 Å². The number of nitrogens with zero attached hydrogens (tertiary/aromatic N) is 1. The average molecular weight is 339 g/mol. The van der Waals surface area contributed by atoms with E-state index in [-0.39, 0.29) is 6.03 Å². The van der Waals surface area contributed by atoms with Gasteiger partial charge in [0.15, 0.2) is 0 Å². The van der Waals surface area contributed by atoms with Crippen LogP contribution in [-0.2, 0) is 6.61 Å². The highest BCUT2D eigenvalue weighted by atomic mass is 16.5. The second-order valence-corrected chi connectivity index (χ2v) is 6.23. The SMILES string of the molecule is O=C(NCCN1CCCC1)Nc1ccc(OCc2ccccc2)cc1. The van der Waals surface area contributed by atoms with Crippen LogP contribution >= 0.6 is 0 Å². The Kier molecular flexibility index (Phi) is 6.29. The number of carbonyl (C=O) groups is 1. The lowest BCUT2D eigenvalue weighted by molar-refractivity contribution is 0.249. The highest BCUT2D eigenvalue weighted by Gasteiger charge is 2.11. The first-order valence-electron chi connectivity index (χ1n) is 8.83. The topological polar surface area (TPSA) is 53.6 Å². The number of ether oxygens (including phenoxy) is 1. The van der Waals surface area contributed by atoms with Crippen molar-refractivity contribution in [2.75, 3.05) is 31.5 Å². The highest BCUT2D eigenvalue weighted by molar-refractivity contribution is 5.89. The molecule has 2 N–H and O–H groups in total. The van der Waals surface area contributed by atoms with Crippen molar-refractivity contribution in [1.82, 2.24) is 10.2 Å². The van der Waals surface area contributed by atoms with E-state index >= 15 is 0 Å². The summed E-state index contributed by atoms with van der Waals surface area (Å²) in [6.07, 6.45) is 2.54. The van der Waals surface area contributed by atoms with Gasteiger partial charge in [0.2, 0.25) is 0 Å². The fourth-order valence-electron chi connectivity index (χ4n) is 2.88. The molecule has 0 spiro atoms. The first kappa shape index (κ1) is 17.3. The van der Waals surface area contributed by atoms with Gasteiger partial charge in [-0.25, -0.2) is 4.79 Å². The monoisotopic (exact) mass is 339 g/mol. The molecular formula is C20H25N3O2. The molecule has 0 unspecified atom stereocenters. The summed E-state index contributed by atoms with van der Waals surface area (Å²) in [6.45, 7) is 4.41. The molecule has 0 aliphatic carbocycles. The van der Waals surface area contributed by atoms with Gasteiger partial charge in [-0.2, -0.15) is 0 Å². The number of benzene rings is 2. The van der Waals surface area contributed by atoms with E-state index in [1.54, 1.807) is 0 Å². The predicted octanol–water partition coefficient (Wildman–Crippen LogP) is 3.48. The molecule has 0 saturated carbocycles. The third-order valence-corrected chi connectivity index (χ3v) is 4.27. The van der Waals surface area contributed by atoms with E-state index in [0.29, 0.717) is 13.2 Å². The van der Waals surface area contributed by atoms with Gasteiger partial charge >= 0.3 is 6.03 Å². The molecule has 1 fully saturated rings. The number of carbonyl (C=O) groups excluding carboxylic acids is 1. The number of likely N-dealkylation sites (tertiary alicyclic amines) is 1. The molecule has 1 saturated heterocycles. The van der Waals surface area contributed by atoms with Crippen LogP contribution in [0.5, 0.6) is 5.75 Å². The van der Waals surface area contributed by atoms with Gasteiger partial charge in [0, 0.05) is 18.8 Å². The van der Waals surface area contributed by atoms with Crippen molar-refractivity contribution < 1.29 is 9.53 Å². The second-order valence-electron chi connectivity index (χ2n) is 6.23.